The first-order valence-electron chi connectivity index (χ1n) is 7.75. The molecular formula is C15H24BrN3. The summed E-state index contributed by atoms with van der Waals surface area (Å²) in [5.41, 5.74) is 1.60. The molecule has 3 nitrogen and oxygen atoms in total. The molecule has 0 radical (unpaired) electrons. The molecule has 0 aromatic carbocycles. The lowest BCUT2D eigenvalue weighted by molar-refractivity contribution is 0.255. The zero-order valence-electron chi connectivity index (χ0n) is 11.8. The maximum absolute atomic E-state index is 4.60. The van der Waals surface area contributed by atoms with Crippen LogP contribution in [0.3, 0.4) is 0 Å². The minimum absolute atomic E-state index is 0.182. The zero-order valence-corrected chi connectivity index (χ0v) is 13.4. The average molecular weight is 326 g/mol. The highest BCUT2D eigenvalue weighted by molar-refractivity contribution is 9.10. The number of hydrogen-bond acceptors (Lipinski definition) is 2. The second-order valence-corrected chi connectivity index (χ2v) is 6.90. The van der Waals surface area contributed by atoms with E-state index in [2.05, 4.69) is 38.0 Å². The third-order valence-electron chi connectivity index (χ3n) is 4.62. The van der Waals surface area contributed by atoms with Crippen LogP contribution in [-0.2, 0) is 12.1 Å². The number of hydrogen-bond donors (Lipinski definition) is 1. The van der Waals surface area contributed by atoms with Gasteiger partial charge in [-0.1, -0.05) is 19.8 Å². The minimum Gasteiger partial charge on any atom is -0.306 e. The molecule has 1 saturated heterocycles. The number of aromatic nitrogens is 2. The van der Waals surface area contributed by atoms with Gasteiger partial charge in [0.05, 0.1) is 21.9 Å². The Morgan fingerprint density at radius 1 is 1.42 bits per heavy atom. The highest BCUT2D eigenvalue weighted by Crippen LogP contribution is 2.50. The highest BCUT2D eigenvalue weighted by atomic mass is 79.9. The molecule has 1 unspecified atom stereocenters. The van der Waals surface area contributed by atoms with Gasteiger partial charge in [-0.15, -0.1) is 0 Å². The summed E-state index contributed by atoms with van der Waals surface area (Å²) in [6, 6.07) is 0. The van der Waals surface area contributed by atoms with E-state index < -0.39 is 0 Å². The lowest BCUT2D eigenvalue weighted by atomic mass is 9.84. The van der Waals surface area contributed by atoms with E-state index in [4.69, 9.17) is 0 Å². The van der Waals surface area contributed by atoms with Gasteiger partial charge in [-0.3, -0.25) is 4.68 Å². The van der Waals surface area contributed by atoms with Crippen molar-refractivity contribution in [2.75, 3.05) is 6.54 Å². The molecule has 2 heterocycles. The normalized spacial score (nSPS) is 28.3. The molecule has 1 atom stereocenters. The summed E-state index contributed by atoms with van der Waals surface area (Å²) in [7, 11) is 0. The fourth-order valence-electron chi connectivity index (χ4n) is 3.61. The Kier molecular flexibility index (Phi) is 3.99. The predicted molar refractivity (Wildman–Crippen MR) is 81.1 cm³/mol. The first-order valence-corrected chi connectivity index (χ1v) is 8.54. The van der Waals surface area contributed by atoms with Gasteiger partial charge >= 0.3 is 0 Å². The van der Waals surface area contributed by atoms with Crippen LogP contribution in [0.25, 0.3) is 0 Å². The summed E-state index contributed by atoms with van der Waals surface area (Å²) < 4.78 is 3.43. The van der Waals surface area contributed by atoms with Crippen molar-refractivity contribution in [3.63, 3.8) is 0 Å². The van der Waals surface area contributed by atoms with Crippen LogP contribution in [0.4, 0.5) is 0 Å². The number of aryl methyl sites for hydroxylation is 1. The molecule has 1 N–H and O–H groups in total. The molecule has 2 aliphatic rings. The average Bonchev–Trinajstić information content (AvgIpc) is 3.20. The Bertz CT molecular complexity index is 429. The summed E-state index contributed by atoms with van der Waals surface area (Å²) in [5, 5.41) is 8.50. The number of nitrogens with one attached hydrogen (secondary N) is 1. The molecule has 1 saturated carbocycles. The Labute approximate surface area is 124 Å². The van der Waals surface area contributed by atoms with Gasteiger partial charge in [-0.25, -0.2) is 0 Å². The first kappa shape index (κ1) is 13.6. The van der Waals surface area contributed by atoms with Crippen molar-refractivity contribution >= 4 is 15.9 Å². The first-order chi connectivity index (χ1) is 9.28. The minimum atomic E-state index is 0.182. The Morgan fingerprint density at radius 3 is 3.00 bits per heavy atom. The van der Waals surface area contributed by atoms with Crippen LogP contribution in [0.15, 0.2) is 10.7 Å². The van der Waals surface area contributed by atoms with Crippen molar-refractivity contribution < 1.29 is 0 Å². The Balaban J connectivity index is 2.01. The molecule has 2 fully saturated rings. The zero-order chi connectivity index (χ0) is 13.3. The van der Waals surface area contributed by atoms with Gasteiger partial charge in [0.15, 0.2) is 0 Å². The molecule has 0 spiro atoms. The van der Waals surface area contributed by atoms with Gasteiger partial charge in [0.1, 0.15) is 0 Å². The molecule has 1 aliphatic heterocycles. The molecule has 1 aromatic rings. The molecule has 3 rings (SSSR count). The van der Waals surface area contributed by atoms with Gasteiger partial charge in [-0.2, -0.15) is 5.10 Å². The van der Waals surface area contributed by atoms with Gasteiger partial charge in [-0.05, 0) is 60.5 Å². The number of rotatable bonds is 4. The summed E-state index contributed by atoms with van der Waals surface area (Å²) in [4.78, 5) is 0. The van der Waals surface area contributed by atoms with Crippen LogP contribution in [0.5, 0.6) is 0 Å². The third-order valence-corrected chi connectivity index (χ3v) is 5.20. The van der Waals surface area contributed by atoms with Gasteiger partial charge in [0.2, 0.25) is 0 Å². The van der Waals surface area contributed by atoms with Crippen molar-refractivity contribution in [3.8, 4) is 0 Å². The number of halogens is 1. The highest BCUT2D eigenvalue weighted by Gasteiger charge is 2.49. The van der Waals surface area contributed by atoms with E-state index in [1.165, 1.54) is 48.7 Å². The molecule has 1 aliphatic carbocycles. The summed E-state index contributed by atoms with van der Waals surface area (Å²) in [5.74, 6) is 0.814. The Morgan fingerprint density at radius 2 is 2.26 bits per heavy atom. The van der Waals surface area contributed by atoms with Crippen LogP contribution in [0.2, 0.25) is 0 Å². The smallest absolute Gasteiger partial charge is 0.0729 e. The largest absolute Gasteiger partial charge is 0.306 e. The maximum atomic E-state index is 4.60. The van der Waals surface area contributed by atoms with Crippen LogP contribution in [0, 0.1) is 5.92 Å². The number of nitrogens with zero attached hydrogens (tertiary/aromatic N) is 2. The topological polar surface area (TPSA) is 29.9 Å². The maximum Gasteiger partial charge on any atom is 0.0729 e. The van der Waals surface area contributed by atoms with E-state index in [9.17, 15) is 0 Å². The third kappa shape index (κ3) is 2.49. The molecule has 0 bridgehead atoms. The fraction of sp³-hybridized carbons (Fsp3) is 0.800. The Hall–Kier alpha value is -0.350. The van der Waals surface area contributed by atoms with Gasteiger partial charge in [0, 0.05) is 6.54 Å². The van der Waals surface area contributed by atoms with E-state index in [0.29, 0.717) is 0 Å². The molecule has 4 heteroatoms. The van der Waals surface area contributed by atoms with Crippen molar-refractivity contribution in [1.82, 2.24) is 15.1 Å². The second-order valence-electron chi connectivity index (χ2n) is 6.05. The van der Waals surface area contributed by atoms with E-state index in [0.717, 1.165) is 25.4 Å². The predicted octanol–water partition coefficient (Wildman–Crippen LogP) is 3.82. The quantitative estimate of drug-likeness (QED) is 0.911. The van der Waals surface area contributed by atoms with Crippen LogP contribution >= 0.6 is 15.9 Å². The van der Waals surface area contributed by atoms with Gasteiger partial charge < -0.3 is 5.32 Å². The fourth-order valence-corrected chi connectivity index (χ4v) is 4.26. The van der Waals surface area contributed by atoms with E-state index in [1.807, 2.05) is 6.20 Å². The summed E-state index contributed by atoms with van der Waals surface area (Å²) >= 11 is 3.76. The summed E-state index contributed by atoms with van der Waals surface area (Å²) in [6.07, 6.45) is 11.2. The molecule has 0 amide bonds. The van der Waals surface area contributed by atoms with Crippen molar-refractivity contribution in [1.29, 1.82) is 0 Å². The monoisotopic (exact) mass is 325 g/mol. The van der Waals surface area contributed by atoms with Crippen molar-refractivity contribution in [2.24, 2.45) is 5.92 Å². The lowest BCUT2D eigenvalue weighted by Gasteiger charge is -2.35. The van der Waals surface area contributed by atoms with E-state index in [-0.39, 0.29) is 5.54 Å². The molecule has 1 aromatic heterocycles. The second kappa shape index (κ2) is 5.57. The van der Waals surface area contributed by atoms with Crippen LogP contribution < -0.4 is 5.32 Å². The lowest BCUT2D eigenvalue weighted by Crippen LogP contribution is -2.46. The van der Waals surface area contributed by atoms with E-state index >= 15 is 0 Å². The SMILES string of the molecule is CCCn1ncc(Br)c1C1(C2CC2)CCCCCN1. The summed E-state index contributed by atoms with van der Waals surface area (Å²) in [6.45, 7) is 4.40. The van der Waals surface area contributed by atoms with E-state index in [1.54, 1.807) is 0 Å². The molecular weight excluding hydrogens is 302 g/mol. The standard InChI is InChI=1S/C15H24BrN3/c1-2-10-19-14(13(16)11-18-19)15(12-6-7-12)8-4-3-5-9-17-15/h11-12,17H,2-10H2,1H3. The van der Waals surface area contributed by atoms with Crippen LogP contribution in [-0.4, -0.2) is 16.3 Å². The van der Waals surface area contributed by atoms with Crippen LogP contribution in [0.1, 0.15) is 57.6 Å². The molecule has 106 valence electrons. The van der Waals surface area contributed by atoms with Crippen molar-refractivity contribution in [3.05, 3.63) is 16.4 Å². The van der Waals surface area contributed by atoms with Gasteiger partial charge in [0.25, 0.3) is 0 Å². The molecule has 19 heavy (non-hydrogen) atoms. The van der Waals surface area contributed by atoms with Crippen molar-refractivity contribution in [2.45, 2.75) is 64.0 Å².